The molecule has 1 aromatic rings. The van der Waals surface area contributed by atoms with Gasteiger partial charge in [0, 0.05) is 5.56 Å². The molecule has 0 radical (unpaired) electrons. The smallest absolute Gasteiger partial charge is 0.274 e. The van der Waals surface area contributed by atoms with Gasteiger partial charge in [0.2, 0.25) is 0 Å². The maximum Gasteiger partial charge on any atom is 0.274 e. The van der Waals surface area contributed by atoms with Crippen LogP contribution in [0.1, 0.15) is 15.9 Å². The SMILES string of the molecule is Cc1ccc(C(=O)NO)cc1F. The van der Waals surface area contributed by atoms with Crippen molar-refractivity contribution in [3.8, 4) is 0 Å². The zero-order valence-electron chi connectivity index (χ0n) is 6.47. The van der Waals surface area contributed by atoms with Crippen LogP contribution in [-0.4, -0.2) is 11.1 Å². The fraction of sp³-hybridized carbons (Fsp3) is 0.125. The molecule has 0 aliphatic carbocycles. The fourth-order valence-corrected chi connectivity index (χ4v) is 0.799. The first-order valence-electron chi connectivity index (χ1n) is 3.35. The summed E-state index contributed by atoms with van der Waals surface area (Å²) in [6, 6.07) is 3.98. The number of hydrogen-bond donors (Lipinski definition) is 2. The number of carbonyl (C=O) groups is 1. The quantitative estimate of drug-likeness (QED) is 0.491. The van der Waals surface area contributed by atoms with E-state index in [0.717, 1.165) is 6.07 Å². The summed E-state index contributed by atoms with van der Waals surface area (Å²) in [4.78, 5) is 10.7. The highest BCUT2D eigenvalue weighted by atomic mass is 19.1. The highest BCUT2D eigenvalue weighted by molar-refractivity contribution is 5.93. The van der Waals surface area contributed by atoms with Gasteiger partial charge in [-0.2, -0.15) is 0 Å². The van der Waals surface area contributed by atoms with Gasteiger partial charge in [0.1, 0.15) is 5.82 Å². The van der Waals surface area contributed by atoms with Crippen molar-refractivity contribution in [3.05, 3.63) is 35.1 Å². The molecule has 64 valence electrons. The zero-order valence-corrected chi connectivity index (χ0v) is 6.47. The van der Waals surface area contributed by atoms with E-state index in [0.29, 0.717) is 5.56 Å². The minimum Gasteiger partial charge on any atom is -0.288 e. The normalized spacial score (nSPS) is 9.58. The third kappa shape index (κ3) is 1.60. The Labute approximate surface area is 68.8 Å². The van der Waals surface area contributed by atoms with E-state index in [1.54, 1.807) is 6.92 Å². The molecule has 2 N–H and O–H groups in total. The summed E-state index contributed by atoms with van der Waals surface area (Å²) in [6.07, 6.45) is 0. The van der Waals surface area contributed by atoms with Gasteiger partial charge in [0.15, 0.2) is 0 Å². The van der Waals surface area contributed by atoms with Crippen LogP contribution in [0.3, 0.4) is 0 Å². The van der Waals surface area contributed by atoms with Gasteiger partial charge in [-0.3, -0.25) is 10.0 Å². The van der Waals surface area contributed by atoms with Crippen LogP contribution in [0.15, 0.2) is 18.2 Å². The van der Waals surface area contributed by atoms with Crippen LogP contribution in [0.2, 0.25) is 0 Å². The summed E-state index contributed by atoms with van der Waals surface area (Å²) in [5.74, 6) is -1.18. The van der Waals surface area contributed by atoms with Crippen LogP contribution in [0.25, 0.3) is 0 Å². The molecule has 0 fully saturated rings. The second kappa shape index (κ2) is 3.32. The van der Waals surface area contributed by atoms with E-state index in [1.807, 2.05) is 0 Å². The molecule has 12 heavy (non-hydrogen) atoms. The Hall–Kier alpha value is -1.42. The molecule has 0 aliphatic rings. The molecule has 1 aromatic carbocycles. The van der Waals surface area contributed by atoms with Crippen LogP contribution >= 0.6 is 0 Å². The summed E-state index contributed by atoms with van der Waals surface area (Å²) in [6.45, 7) is 1.59. The lowest BCUT2D eigenvalue weighted by Crippen LogP contribution is -2.18. The summed E-state index contributed by atoms with van der Waals surface area (Å²) in [5, 5.41) is 8.23. The van der Waals surface area contributed by atoms with Gasteiger partial charge in [-0.05, 0) is 24.6 Å². The Morgan fingerprint density at radius 1 is 1.58 bits per heavy atom. The molecule has 1 rings (SSSR count). The molecule has 0 saturated carbocycles. The van der Waals surface area contributed by atoms with Crippen LogP contribution in [0.5, 0.6) is 0 Å². The van der Waals surface area contributed by atoms with E-state index < -0.39 is 11.7 Å². The minimum atomic E-state index is -0.714. The number of aryl methyl sites for hydroxylation is 1. The van der Waals surface area contributed by atoms with Gasteiger partial charge in [0.05, 0.1) is 0 Å². The van der Waals surface area contributed by atoms with Crippen LogP contribution in [0, 0.1) is 12.7 Å². The second-order valence-electron chi connectivity index (χ2n) is 2.40. The minimum absolute atomic E-state index is 0.0978. The number of hydrogen-bond acceptors (Lipinski definition) is 2. The maximum absolute atomic E-state index is 12.8. The van der Waals surface area contributed by atoms with Gasteiger partial charge in [-0.25, -0.2) is 9.87 Å². The number of halogens is 1. The first kappa shape index (κ1) is 8.67. The monoisotopic (exact) mass is 169 g/mol. The lowest BCUT2D eigenvalue weighted by molar-refractivity contribution is 0.0706. The highest BCUT2D eigenvalue weighted by Gasteiger charge is 2.05. The molecule has 3 nitrogen and oxygen atoms in total. The van der Waals surface area contributed by atoms with Crippen molar-refractivity contribution in [1.29, 1.82) is 0 Å². The molecule has 0 heterocycles. The lowest BCUT2D eigenvalue weighted by atomic mass is 10.1. The van der Waals surface area contributed by atoms with Crippen molar-refractivity contribution in [1.82, 2.24) is 5.48 Å². The third-order valence-electron chi connectivity index (χ3n) is 1.54. The highest BCUT2D eigenvalue weighted by Crippen LogP contribution is 2.08. The summed E-state index contributed by atoms with van der Waals surface area (Å²) < 4.78 is 12.8. The Kier molecular flexibility index (Phi) is 2.40. The Balaban J connectivity index is 3.05. The van der Waals surface area contributed by atoms with Gasteiger partial charge >= 0.3 is 0 Å². The van der Waals surface area contributed by atoms with E-state index in [1.165, 1.54) is 17.6 Å². The van der Waals surface area contributed by atoms with E-state index >= 15 is 0 Å². The second-order valence-corrected chi connectivity index (χ2v) is 2.40. The summed E-state index contributed by atoms with van der Waals surface area (Å²) in [5.41, 5.74) is 1.98. The van der Waals surface area contributed by atoms with Crippen LogP contribution in [0.4, 0.5) is 4.39 Å². The molecule has 4 heteroatoms. The molecule has 0 bridgehead atoms. The number of amides is 1. The average molecular weight is 169 g/mol. The van der Waals surface area contributed by atoms with Crippen molar-refractivity contribution in [2.45, 2.75) is 6.92 Å². The first-order chi connectivity index (χ1) is 5.65. The summed E-state index contributed by atoms with van der Waals surface area (Å²) >= 11 is 0. The molecular formula is C8H8FNO2. The topological polar surface area (TPSA) is 49.3 Å². The van der Waals surface area contributed by atoms with Crippen LogP contribution in [-0.2, 0) is 0 Å². The molecule has 0 spiro atoms. The Morgan fingerprint density at radius 2 is 2.25 bits per heavy atom. The van der Waals surface area contributed by atoms with Gasteiger partial charge in [-0.15, -0.1) is 0 Å². The van der Waals surface area contributed by atoms with E-state index in [-0.39, 0.29) is 5.56 Å². The number of nitrogens with one attached hydrogen (secondary N) is 1. The number of hydroxylamine groups is 1. The van der Waals surface area contributed by atoms with Gasteiger partial charge < -0.3 is 0 Å². The van der Waals surface area contributed by atoms with Crippen molar-refractivity contribution < 1.29 is 14.4 Å². The molecule has 0 saturated heterocycles. The standard InChI is InChI=1S/C8H8FNO2/c1-5-2-3-6(4-7(5)9)8(11)10-12/h2-4,12H,1H3,(H,10,11). The van der Waals surface area contributed by atoms with Crippen molar-refractivity contribution in [3.63, 3.8) is 0 Å². The number of carbonyl (C=O) groups excluding carboxylic acids is 1. The van der Waals surface area contributed by atoms with E-state index in [9.17, 15) is 9.18 Å². The molecule has 0 atom stereocenters. The van der Waals surface area contributed by atoms with Crippen molar-refractivity contribution >= 4 is 5.91 Å². The van der Waals surface area contributed by atoms with Crippen molar-refractivity contribution in [2.24, 2.45) is 0 Å². The maximum atomic E-state index is 12.8. The predicted molar refractivity (Wildman–Crippen MR) is 40.4 cm³/mol. The molecule has 0 unspecified atom stereocenters. The molecule has 1 amide bonds. The Morgan fingerprint density at radius 3 is 2.75 bits per heavy atom. The summed E-state index contributed by atoms with van der Waals surface area (Å²) in [7, 11) is 0. The number of rotatable bonds is 1. The molecule has 0 aromatic heterocycles. The average Bonchev–Trinajstić information content (AvgIpc) is 2.08. The zero-order chi connectivity index (χ0) is 9.14. The van der Waals surface area contributed by atoms with E-state index in [4.69, 9.17) is 5.21 Å². The molecular weight excluding hydrogens is 161 g/mol. The van der Waals surface area contributed by atoms with Gasteiger partial charge in [0.25, 0.3) is 5.91 Å². The predicted octanol–water partition coefficient (Wildman–Crippen LogP) is 1.25. The van der Waals surface area contributed by atoms with E-state index in [2.05, 4.69) is 0 Å². The first-order valence-corrected chi connectivity index (χ1v) is 3.35. The number of benzene rings is 1. The third-order valence-corrected chi connectivity index (χ3v) is 1.54. The lowest BCUT2D eigenvalue weighted by Gasteiger charge is -1.99. The van der Waals surface area contributed by atoms with Crippen LogP contribution < -0.4 is 5.48 Å². The van der Waals surface area contributed by atoms with Gasteiger partial charge in [-0.1, -0.05) is 6.07 Å². The largest absolute Gasteiger partial charge is 0.288 e. The fourth-order valence-electron chi connectivity index (χ4n) is 0.799. The van der Waals surface area contributed by atoms with Crippen molar-refractivity contribution in [2.75, 3.05) is 0 Å². The Bertz CT molecular complexity index is 312. The molecule has 0 aliphatic heterocycles.